The SMILES string of the molecule is C[C@H](C(=O)NC1CCCC1)N(Cc1ccc(Cl)c(Cl)c1)C(=O)CN(C)S(=O)(=O)c1ccc2ccccc2c1. The van der Waals surface area contributed by atoms with E-state index in [-0.39, 0.29) is 23.4 Å². The second kappa shape index (κ2) is 12.0. The van der Waals surface area contributed by atoms with Crippen LogP contribution in [0.3, 0.4) is 0 Å². The zero-order valence-electron chi connectivity index (χ0n) is 21.4. The molecule has 0 unspecified atom stereocenters. The van der Waals surface area contributed by atoms with Gasteiger partial charge in [0.2, 0.25) is 21.8 Å². The van der Waals surface area contributed by atoms with Crippen molar-refractivity contribution < 1.29 is 18.0 Å². The zero-order chi connectivity index (χ0) is 27.4. The summed E-state index contributed by atoms with van der Waals surface area (Å²) in [6.45, 7) is 1.29. The van der Waals surface area contributed by atoms with E-state index in [1.807, 2.05) is 24.3 Å². The fourth-order valence-electron chi connectivity index (χ4n) is 4.68. The highest BCUT2D eigenvalue weighted by atomic mass is 35.5. The van der Waals surface area contributed by atoms with E-state index in [1.165, 1.54) is 18.0 Å². The Morgan fingerprint density at radius 2 is 1.66 bits per heavy atom. The van der Waals surface area contributed by atoms with Gasteiger partial charge in [-0.15, -0.1) is 0 Å². The number of nitrogens with zero attached hydrogens (tertiary/aromatic N) is 2. The quantitative estimate of drug-likeness (QED) is 0.378. The number of halogens is 2. The Hall–Kier alpha value is -2.65. The summed E-state index contributed by atoms with van der Waals surface area (Å²) in [5.41, 5.74) is 0.674. The number of carbonyl (C=O) groups excluding carboxylic acids is 2. The summed E-state index contributed by atoms with van der Waals surface area (Å²) >= 11 is 12.2. The number of hydrogen-bond acceptors (Lipinski definition) is 4. The molecule has 1 atom stereocenters. The van der Waals surface area contributed by atoms with Crippen LogP contribution in [-0.4, -0.2) is 55.1 Å². The van der Waals surface area contributed by atoms with E-state index < -0.39 is 28.5 Å². The first-order chi connectivity index (χ1) is 18.1. The maximum absolute atomic E-state index is 13.6. The average molecular weight is 577 g/mol. The van der Waals surface area contributed by atoms with Crippen LogP contribution in [0.15, 0.2) is 65.6 Å². The molecule has 3 aromatic rings. The molecule has 202 valence electrons. The molecule has 0 spiro atoms. The molecule has 0 saturated heterocycles. The molecule has 2 amide bonds. The lowest BCUT2D eigenvalue weighted by atomic mass is 10.1. The fraction of sp³-hybridized carbons (Fsp3) is 0.357. The minimum absolute atomic E-state index is 0.0683. The summed E-state index contributed by atoms with van der Waals surface area (Å²) in [6.07, 6.45) is 3.93. The molecule has 0 bridgehead atoms. The average Bonchev–Trinajstić information content (AvgIpc) is 3.41. The van der Waals surface area contributed by atoms with Crippen molar-refractivity contribution in [3.05, 3.63) is 76.3 Å². The number of nitrogens with one attached hydrogen (secondary N) is 1. The van der Waals surface area contributed by atoms with Gasteiger partial charge in [0, 0.05) is 19.6 Å². The summed E-state index contributed by atoms with van der Waals surface area (Å²) in [5, 5.41) is 5.44. The summed E-state index contributed by atoms with van der Waals surface area (Å²) in [6, 6.07) is 16.6. The molecule has 10 heteroatoms. The molecule has 4 rings (SSSR count). The Labute approximate surface area is 233 Å². The number of likely N-dealkylation sites (N-methyl/N-ethyl adjacent to an activating group) is 1. The first-order valence-electron chi connectivity index (χ1n) is 12.5. The Morgan fingerprint density at radius 3 is 2.34 bits per heavy atom. The smallest absolute Gasteiger partial charge is 0.243 e. The van der Waals surface area contributed by atoms with Gasteiger partial charge in [-0.2, -0.15) is 4.31 Å². The molecule has 1 saturated carbocycles. The number of amides is 2. The van der Waals surface area contributed by atoms with Crippen molar-refractivity contribution in [2.24, 2.45) is 0 Å². The third kappa shape index (κ3) is 6.49. The molecule has 38 heavy (non-hydrogen) atoms. The van der Waals surface area contributed by atoms with Crippen LogP contribution in [0, 0.1) is 0 Å². The maximum Gasteiger partial charge on any atom is 0.243 e. The predicted octanol–water partition coefficient (Wildman–Crippen LogP) is 5.24. The van der Waals surface area contributed by atoms with E-state index in [1.54, 1.807) is 37.3 Å². The standard InChI is InChI=1S/C28H31Cl2N3O4S/c1-19(28(35)31-23-9-5-6-10-23)33(17-20-11-14-25(29)26(30)15-20)27(34)18-32(2)38(36,37)24-13-12-21-7-3-4-8-22(21)16-24/h3-4,7-8,11-16,19,23H,5-6,9-10,17-18H2,1-2H3,(H,31,35)/t19-/m1/s1. The summed E-state index contributed by atoms with van der Waals surface area (Å²) < 4.78 is 27.7. The molecule has 1 N–H and O–H groups in total. The van der Waals surface area contributed by atoms with E-state index in [2.05, 4.69) is 5.32 Å². The molecule has 0 radical (unpaired) electrons. The second-order valence-electron chi connectivity index (χ2n) is 9.71. The van der Waals surface area contributed by atoms with Crippen LogP contribution in [0.5, 0.6) is 0 Å². The van der Waals surface area contributed by atoms with Crippen LogP contribution in [0.25, 0.3) is 10.8 Å². The number of benzene rings is 3. The van der Waals surface area contributed by atoms with Crippen molar-refractivity contribution in [2.75, 3.05) is 13.6 Å². The van der Waals surface area contributed by atoms with Crippen LogP contribution >= 0.6 is 23.2 Å². The molecule has 0 aliphatic heterocycles. The van der Waals surface area contributed by atoms with Crippen molar-refractivity contribution in [3.63, 3.8) is 0 Å². The van der Waals surface area contributed by atoms with Crippen molar-refractivity contribution in [1.82, 2.24) is 14.5 Å². The lowest BCUT2D eigenvalue weighted by Crippen LogP contribution is -2.52. The van der Waals surface area contributed by atoms with Gasteiger partial charge < -0.3 is 10.2 Å². The lowest BCUT2D eigenvalue weighted by Gasteiger charge is -2.31. The number of rotatable bonds is 9. The largest absolute Gasteiger partial charge is 0.352 e. The Kier molecular flexibility index (Phi) is 8.98. The van der Waals surface area contributed by atoms with Gasteiger partial charge in [0.05, 0.1) is 21.5 Å². The first-order valence-corrected chi connectivity index (χ1v) is 14.7. The summed E-state index contributed by atoms with van der Waals surface area (Å²) in [7, 11) is -2.60. The van der Waals surface area contributed by atoms with Gasteiger partial charge in [-0.3, -0.25) is 9.59 Å². The molecule has 0 heterocycles. The molecule has 1 fully saturated rings. The fourth-order valence-corrected chi connectivity index (χ4v) is 6.16. The monoisotopic (exact) mass is 575 g/mol. The van der Waals surface area contributed by atoms with Crippen molar-refractivity contribution in [1.29, 1.82) is 0 Å². The first kappa shape index (κ1) is 28.4. The highest BCUT2D eigenvalue weighted by Gasteiger charge is 2.31. The van der Waals surface area contributed by atoms with E-state index in [4.69, 9.17) is 23.2 Å². The summed E-state index contributed by atoms with van der Waals surface area (Å²) in [5.74, 6) is -0.776. The molecule has 1 aliphatic rings. The highest BCUT2D eigenvalue weighted by molar-refractivity contribution is 7.89. The number of hydrogen-bond donors (Lipinski definition) is 1. The van der Waals surface area contributed by atoms with Crippen molar-refractivity contribution in [3.8, 4) is 0 Å². The predicted molar refractivity (Wildman–Crippen MR) is 151 cm³/mol. The van der Waals surface area contributed by atoms with Gasteiger partial charge in [-0.05, 0) is 60.4 Å². The molecule has 1 aliphatic carbocycles. The lowest BCUT2D eigenvalue weighted by molar-refractivity contribution is -0.140. The van der Waals surface area contributed by atoms with Gasteiger partial charge in [-0.1, -0.05) is 72.4 Å². The van der Waals surface area contributed by atoms with Gasteiger partial charge >= 0.3 is 0 Å². The second-order valence-corrected chi connectivity index (χ2v) is 12.6. The third-order valence-corrected chi connectivity index (χ3v) is 9.53. The van der Waals surface area contributed by atoms with Gasteiger partial charge in [0.15, 0.2) is 0 Å². The third-order valence-electron chi connectivity index (χ3n) is 6.99. The Balaban J connectivity index is 1.56. The normalized spacial score (nSPS) is 15.1. The van der Waals surface area contributed by atoms with E-state index in [9.17, 15) is 18.0 Å². The van der Waals surface area contributed by atoms with Crippen LogP contribution < -0.4 is 5.32 Å². The molecular weight excluding hydrogens is 545 g/mol. The zero-order valence-corrected chi connectivity index (χ0v) is 23.7. The van der Waals surface area contributed by atoms with Crippen molar-refractivity contribution >= 4 is 55.8 Å². The molecule has 3 aromatic carbocycles. The van der Waals surface area contributed by atoms with E-state index in [0.717, 1.165) is 40.8 Å². The Bertz CT molecular complexity index is 1440. The highest BCUT2D eigenvalue weighted by Crippen LogP contribution is 2.25. The number of fused-ring (bicyclic) bond motifs is 1. The maximum atomic E-state index is 13.6. The van der Waals surface area contributed by atoms with E-state index in [0.29, 0.717) is 15.6 Å². The number of sulfonamides is 1. The number of carbonyl (C=O) groups is 2. The minimum Gasteiger partial charge on any atom is -0.352 e. The van der Waals surface area contributed by atoms with Gasteiger partial charge in [0.1, 0.15) is 6.04 Å². The molecule has 0 aromatic heterocycles. The molecular formula is C28H31Cl2N3O4S. The van der Waals surface area contributed by atoms with Crippen LogP contribution in [0.1, 0.15) is 38.2 Å². The topological polar surface area (TPSA) is 86.8 Å². The van der Waals surface area contributed by atoms with E-state index >= 15 is 0 Å². The van der Waals surface area contributed by atoms with Crippen molar-refractivity contribution in [2.45, 2.75) is 56.1 Å². The van der Waals surface area contributed by atoms with Crippen LogP contribution in [-0.2, 0) is 26.2 Å². The minimum atomic E-state index is -3.96. The van der Waals surface area contributed by atoms with Gasteiger partial charge in [-0.25, -0.2) is 8.42 Å². The van der Waals surface area contributed by atoms with Crippen LogP contribution in [0.2, 0.25) is 10.0 Å². The summed E-state index contributed by atoms with van der Waals surface area (Å²) in [4.78, 5) is 28.1. The Morgan fingerprint density at radius 1 is 0.974 bits per heavy atom. The molecule has 7 nitrogen and oxygen atoms in total. The van der Waals surface area contributed by atoms with Crippen LogP contribution in [0.4, 0.5) is 0 Å². The van der Waals surface area contributed by atoms with Gasteiger partial charge in [0.25, 0.3) is 0 Å².